The molecule has 3 rings (SSSR count). The quantitative estimate of drug-likeness (QED) is 0.784. The van der Waals surface area contributed by atoms with Crippen LogP contribution in [0.5, 0.6) is 0 Å². The van der Waals surface area contributed by atoms with Gasteiger partial charge in [-0.2, -0.15) is 0 Å². The van der Waals surface area contributed by atoms with Gasteiger partial charge in [-0.15, -0.1) is 0 Å². The minimum atomic E-state index is -0.206. The van der Waals surface area contributed by atoms with Crippen molar-refractivity contribution >= 4 is 11.7 Å². The molecule has 2 unspecified atom stereocenters. The highest BCUT2D eigenvalue weighted by atomic mass is 19.1. The summed E-state index contributed by atoms with van der Waals surface area (Å²) < 4.78 is 13.0. The molecule has 5 nitrogen and oxygen atoms in total. The molecule has 0 radical (unpaired) electrons. The van der Waals surface area contributed by atoms with Crippen LogP contribution in [0.25, 0.3) is 0 Å². The topological polar surface area (TPSA) is 47.6 Å². The highest BCUT2D eigenvalue weighted by Gasteiger charge is 2.24. The van der Waals surface area contributed by atoms with Gasteiger partial charge in [0.05, 0.1) is 0 Å². The first-order valence-corrected chi connectivity index (χ1v) is 9.88. The molecule has 0 bridgehead atoms. The number of urea groups is 1. The second-order valence-electron chi connectivity index (χ2n) is 7.62. The van der Waals surface area contributed by atoms with Crippen molar-refractivity contribution in [1.29, 1.82) is 0 Å². The van der Waals surface area contributed by atoms with E-state index in [0.717, 1.165) is 51.4 Å². The number of halogens is 1. The summed E-state index contributed by atoms with van der Waals surface area (Å²) >= 11 is 0. The number of carbonyl (C=O) groups is 1. The number of anilines is 1. The Labute approximate surface area is 155 Å². The first kappa shape index (κ1) is 19.0. The van der Waals surface area contributed by atoms with Gasteiger partial charge in [0, 0.05) is 38.4 Å². The zero-order valence-electron chi connectivity index (χ0n) is 15.7. The number of hydrogen-bond donors (Lipinski definition) is 2. The fourth-order valence-corrected chi connectivity index (χ4v) is 4.02. The summed E-state index contributed by atoms with van der Waals surface area (Å²) in [5.41, 5.74) is 1.05. The van der Waals surface area contributed by atoms with Crippen molar-refractivity contribution in [3.8, 4) is 0 Å². The third kappa shape index (κ3) is 5.34. The normalized spacial score (nSPS) is 23.4. The molecule has 0 aliphatic carbocycles. The minimum absolute atomic E-state index is 0.0563. The highest BCUT2D eigenvalue weighted by Crippen LogP contribution is 2.23. The molecule has 26 heavy (non-hydrogen) atoms. The maximum absolute atomic E-state index is 13.0. The van der Waals surface area contributed by atoms with Crippen LogP contribution in [0.2, 0.25) is 0 Å². The molecular formula is C20H31FN4O. The zero-order chi connectivity index (χ0) is 18.4. The zero-order valence-corrected chi connectivity index (χ0v) is 15.7. The Morgan fingerprint density at radius 1 is 1.08 bits per heavy atom. The van der Waals surface area contributed by atoms with Crippen molar-refractivity contribution in [1.82, 2.24) is 15.5 Å². The lowest BCUT2D eigenvalue weighted by molar-refractivity contribution is 0.237. The second-order valence-corrected chi connectivity index (χ2v) is 7.62. The molecule has 2 saturated heterocycles. The van der Waals surface area contributed by atoms with Gasteiger partial charge in [0.25, 0.3) is 0 Å². The molecule has 2 fully saturated rings. The monoisotopic (exact) mass is 362 g/mol. The Bertz CT molecular complexity index is 580. The molecule has 2 aliphatic heterocycles. The number of amides is 2. The van der Waals surface area contributed by atoms with Crippen molar-refractivity contribution in [3.05, 3.63) is 30.1 Å². The van der Waals surface area contributed by atoms with E-state index in [1.807, 2.05) is 12.1 Å². The van der Waals surface area contributed by atoms with Crippen molar-refractivity contribution in [3.63, 3.8) is 0 Å². The van der Waals surface area contributed by atoms with E-state index in [0.29, 0.717) is 18.4 Å². The predicted octanol–water partition coefficient (Wildman–Crippen LogP) is 2.68. The number of carbonyl (C=O) groups excluding carboxylic acids is 1. The molecular weight excluding hydrogens is 331 g/mol. The van der Waals surface area contributed by atoms with Gasteiger partial charge >= 0.3 is 6.03 Å². The van der Waals surface area contributed by atoms with E-state index < -0.39 is 0 Å². The molecule has 0 spiro atoms. The Morgan fingerprint density at radius 3 is 2.42 bits per heavy atom. The van der Waals surface area contributed by atoms with Gasteiger partial charge in [0.2, 0.25) is 0 Å². The predicted molar refractivity (Wildman–Crippen MR) is 103 cm³/mol. The van der Waals surface area contributed by atoms with Crippen LogP contribution in [0.3, 0.4) is 0 Å². The van der Waals surface area contributed by atoms with Crippen LogP contribution in [0.4, 0.5) is 14.9 Å². The lowest BCUT2D eigenvalue weighted by Gasteiger charge is -2.19. The standard InChI is InChI=1S/C20H31FN4O/c1-2-9-24-10-7-16(14-24)12-22-20(26)23-13-17-8-11-25(15-17)19-5-3-18(21)4-6-19/h3-6,16-17H,2,7-15H2,1H3,(H2,22,23,26). The van der Waals surface area contributed by atoms with Crippen molar-refractivity contribution < 1.29 is 9.18 Å². The maximum Gasteiger partial charge on any atom is 0.314 e. The van der Waals surface area contributed by atoms with Gasteiger partial charge in [0.15, 0.2) is 0 Å². The van der Waals surface area contributed by atoms with Crippen LogP contribution in [-0.2, 0) is 0 Å². The summed E-state index contributed by atoms with van der Waals surface area (Å²) in [7, 11) is 0. The number of hydrogen-bond acceptors (Lipinski definition) is 3. The van der Waals surface area contributed by atoms with E-state index in [4.69, 9.17) is 0 Å². The minimum Gasteiger partial charge on any atom is -0.371 e. The van der Waals surface area contributed by atoms with Crippen LogP contribution in [0.15, 0.2) is 24.3 Å². The summed E-state index contributed by atoms with van der Waals surface area (Å²) in [6.07, 6.45) is 3.42. The molecule has 2 atom stereocenters. The molecule has 1 aromatic rings. The van der Waals surface area contributed by atoms with E-state index in [1.165, 1.54) is 25.0 Å². The summed E-state index contributed by atoms with van der Waals surface area (Å²) in [5.74, 6) is 0.813. The summed E-state index contributed by atoms with van der Waals surface area (Å²) in [5, 5.41) is 6.04. The van der Waals surface area contributed by atoms with E-state index >= 15 is 0 Å². The summed E-state index contributed by atoms with van der Waals surface area (Å²) in [6, 6.07) is 6.58. The van der Waals surface area contributed by atoms with Crippen LogP contribution in [-0.4, -0.2) is 56.7 Å². The second kappa shape index (κ2) is 9.21. The third-order valence-electron chi connectivity index (χ3n) is 5.49. The van der Waals surface area contributed by atoms with Crippen LogP contribution in [0, 0.1) is 17.7 Å². The Morgan fingerprint density at radius 2 is 1.73 bits per heavy atom. The van der Waals surface area contributed by atoms with Crippen LogP contribution < -0.4 is 15.5 Å². The van der Waals surface area contributed by atoms with Crippen molar-refractivity contribution in [2.75, 3.05) is 50.7 Å². The van der Waals surface area contributed by atoms with Crippen LogP contribution >= 0.6 is 0 Å². The maximum atomic E-state index is 13.0. The first-order valence-electron chi connectivity index (χ1n) is 9.88. The molecule has 6 heteroatoms. The highest BCUT2D eigenvalue weighted by molar-refractivity contribution is 5.73. The number of benzene rings is 1. The average Bonchev–Trinajstić information content (AvgIpc) is 3.29. The SMILES string of the molecule is CCCN1CCC(CNC(=O)NCC2CCN(c3ccc(F)cc3)C2)C1. The lowest BCUT2D eigenvalue weighted by atomic mass is 10.1. The van der Waals surface area contributed by atoms with E-state index in [1.54, 1.807) is 0 Å². The Kier molecular flexibility index (Phi) is 6.72. The van der Waals surface area contributed by atoms with E-state index in [2.05, 4.69) is 27.4 Å². The number of nitrogens with one attached hydrogen (secondary N) is 2. The molecule has 2 amide bonds. The van der Waals surface area contributed by atoms with Gasteiger partial charge in [-0.05, 0) is 68.5 Å². The fourth-order valence-electron chi connectivity index (χ4n) is 4.02. The van der Waals surface area contributed by atoms with Crippen LogP contribution in [0.1, 0.15) is 26.2 Å². The fraction of sp³-hybridized carbons (Fsp3) is 0.650. The number of nitrogens with zero attached hydrogens (tertiary/aromatic N) is 2. The third-order valence-corrected chi connectivity index (χ3v) is 5.49. The summed E-state index contributed by atoms with van der Waals surface area (Å²) in [4.78, 5) is 16.8. The molecule has 2 heterocycles. The summed E-state index contributed by atoms with van der Waals surface area (Å²) in [6.45, 7) is 8.94. The largest absolute Gasteiger partial charge is 0.371 e. The first-order chi connectivity index (χ1) is 12.6. The van der Waals surface area contributed by atoms with Gasteiger partial charge in [0.1, 0.15) is 5.82 Å². The van der Waals surface area contributed by atoms with Gasteiger partial charge in [-0.1, -0.05) is 6.92 Å². The smallest absolute Gasteiger partial charge is 0.314 e. The number of likely N-dealkylation sites (tertiary alicyclic amines) is 1. The Hall–Kier alpha value is -1.82. The molecule has 1 aromatic carbocycles. The van der Waals surface area contributed by atoms with E-state index in [-0.39, 0.29) is 11.8 Å². The molecule has 144 valence electrons. The van der Waals surface area contributed by atoms with Crippen molar-refractivity contribution in [2.24, 2.45) is 11.8 Å². The van der Waals surface area contributed by atoms with Gasteiger partial charge in [-0.25, -0.2) is 9.18 Å². The molecule has 0 saturated carbocycles. The lowest BCUT2D eigenvalue weighted by Crippen LogP contribution is -2.41. The van der Waals surface area contributed by atoms with E-state index in [9.17, 15) is 9.18 Å². The average molecular weight is 362 g/mol. The van der Waals surface area contributed by atoms with Gasteiger partial charge in [-0.3, -0.25) is 0 Å². The number of rotatable bonds is 7. The van der Waals surface area contributed by atoms with Gasteiger partial charge < -0.3 is 20.4 Å². The molecule has 2 N–H and O–H groups in total. The molecule has 2 aliphatic rings. The Balaban J connectivity index is 1.32. The van der Waals surface area contributed by atoms with Crippen molar-refractivity contribution in [2.45, 2.75) is 26.2 Å². The molecule has 0 aromatic heterocycles.